The Labute approximate surface area is 93.1 Å². The highest BCUT2D eigenvalue weighted by Gasteiger charge is 2.17. The molecule has 1 rings (SSSR count). The lowest BCUT2D eigenvalue weighted by Crippen LogP contribution is -2.00. The second kappa shape index (κ2) is 4.81. The van der Waals surface area contributed by atoms with E-state index in [1.165, 1.54) is 6.07 Å². The molecular weight excluding hydrogens is 268 g/mol. The van der Waals surface area contributed by atoms with Crippen LogP contribution in [0.3, 0.4) is 0 Å². The van der Waals surface area contributed by atoms with Crippen molar-refractivity contribution in [3.8, 4) is 12.1 Å². The number of pyridine rings is 1. The van der Waals surface area contributed by atoms with Gasteiger partial charge in [0.05, 0.1) is 18.1 Å². The molecule has 1 aromatic heterocycles. The van der Waals surface area contributed by atoms with E-state index >= 15 is 0 Å². The van der Waals surface area contributed by atoms with Gasteiger partial charge in [0, 0.05) is 0 Å². The van der Waals surface area contributed by atoms with Gasteiger partial charge < -0.3 is 0 Å². The van der Waals surface area contributed by atoms with Gasteiger partial charge in [0.1, 0.15) is 16.4 Å². The van der Waals surface area contributed by atoms with Gasteiger partial charge in [-0.2, -0.15) is 10.5 Å². The first kappa shape index (κ1) is 11.5. The minimum Gasteiger partial charge on any atom is -0.238 e. The molecule has 0 spiro atoms. The third-order valence-corrected chi connectivity index (χ3v) is 2.29. The van der Waals surface area contributed by atoms with E-state index in [9.17, 15) is 8.78 Å². The molecule has 0 N–H and O–H groups in total. The molecule has 0 aliphatic rings. The van der Waals surface area contributed by atoms with Crippen LogP contribution in [0.4, 0.5) is 8.78 Å². The van der Waals surface area contributed by atoms with Crippen LogP contribution in [0.2, 0.25) is 0 Å². The Balaban J connectivity index is 3.35. The highest BCUT2D eigenvalue weighted by molar-refractivity contribution is 9.10. The average molecular weight is 272 g/mol. The molecule has 0 aliphatic carbocycles. The molecule has 3 nitrogen and oxygen atoms in total. The van der Waals surface area contributed by atoms with Crippen LogP contribution < -0.4 is 0 Å². The van der Waals surface area contributed by atoms with Gasteiger partial charge in [0.25, 0.3) is 6.43 Å². The molecule has 0 aromatic carbocycles. The summed E-state index contributed by atoms with van der Waals surface area (Å²) in [6.07, 6.45) is -2.94. The zero-order valence-electron chi connectivity index (χ0n) is 7.34. The maximum Gasteiger partial charge on any atom is 0.280 e. The topological polar surface area (TPSA) is 60.5 Å². The highest BCUT2D eigenvalue weighted by Crippen LogP contribution is 2.25. The Morgan fingerprint density at radius 1 is 1.47 bits per heavy atom. The molecule has 0 amide bonds. The first-order valence-electron chi connectivity index (χ1n) is 3.84. The smallest absolute Gasteiger partial charge is 0.238 e. The molecule has 1 aromatic rings. The summed E-state index contributed by atoms with van der Waals surface area (Å²) < 4.78 is 25.1. The third-order valence-electron chi connectivity index (χ3n) is 1.69. The van der Waals surface area contributed by atoms with Crippen LogP contribution in [-0.2, 0) is 6.42 Å². The molecule has 0 aliphatic heterocycles. The summed E-state index contributed by atoms with van der Waals surface area (Å²) in [6, 6.07) is 4.80. The molecule has 15 heavy (non-hydrogen) atoms. The molecule has 1 heterocycles. The van der Waals surface area contributed by atoms with Crippen molar-refractivity contribution in [2.45, 2.75) is 12.8 Å². The van der Waals surface area contributed by atoms with E-state index < -0.39 is 12.1 Å². The van der Waals surface area contributed by atoms with Crippen molar-refractivity contribution < 1.29 is 8.78 Å². The van der Waals surface area contributed by atoms with Crippen molar-refractivity contribution in [2.24, 2.45) is 0 Å². The van der Waals surface area contributed by atoms with Crippen molar-refractivity contribution in [1.29, 1.82) is 10.5 Å². The predicted octanol–water partition coefficient (Wildman–Crippen LogP) is 2.72. The molecule has 0 bridgehead atoms. The average Bonchev–Trinajstić information content (AvgIpc) is 2.20. The van der Waals surface area contributed by atoms with Crippen LogP contribution >= 0.6 is 15.9 Å². The Kier molecular flexibility index (Phi) is 3.70. The van der Waals surface area contributed by atoms with Gasteiger partial charge in [-0.25, -0.2) is 13.8 Å². The predicted molar refractivity (Wildman–Crippen MR) is 50.9 cm³/mol. The Hall–Kier alpha value is -1.53. The van der Waals surface area contributed by atoms with Crippen LogP contribution in [-0.4, -0.2) is 4.98 Å². The number of aromatic nitrogens is 1. The third kappa shape index (κ3) is 2.48. The lowest BCUT2D eigenvalue weighted by molar-refractivity contribution is 0.145. The molecule has 0 saturated heterocycles. The van der Waals surface area contributed by atoms with Crippen LogP contribution in [0, 0.1) is 22.7 Å². The van der Waals surface area contributed by atoms with E-state index in [-0.39, 0.29) is 22.2 Å². The standard InChI is InChI=1S/C9H4BrF2N3/c10-8-6(4-14)3-5(1-2-13)7(15-8)9(11)12/h3,9H,1H2. The van der Waals surface area contributed by atoms with Crippen molar-refractivity contribution >= 4 is 15.9 Å². The number of rotatable bonds is 2. The lowest BCUT2D eigenvalue weighted by atomic mass is 10.1. The number of alkyl halides is 2. The zero-order chi connectivity index (χ0) is 11.4. The number of nitrogens with zero attached hydrogens (tertiary/aromatic N) is 3. The summed E-state index contributed by atoms with van der Waals surface area (Å²) in [5.41, 5.74) is -0.223. The molecule has 76 valence electrons. The quantitative estimate of drug-likeness (QED) is 0.777. The van der Waals surface area contributed by atoms with Gasteiger partial charge in [0.2, 0.25) is 0 Å². The first-order chi connectivity index (χ1) is 7.10. The molecule has 0 saturated carbocycles. The lowest BCUT2D eigenvalue weighted by Gasteiger charge is -2.06. The van der Waals surface area contributed by atoms with Crippen molar-refractivity contribution in [1.82, 2.24) is 4.98 Å². The van der Waals surface area contributed by atoms with Gasteiger partial charge >= 0.3 is 0 Å². The summed E-state index contributed by atoms with van der Waals surface area (Å²) in [6.45, 7) is 0. The summed E-state index contributed by atoms with van der Waals surface area (Å²) in [4.78, 5) is 3.56. The second-order valence-electron chi connectivity index (χ2n) is 2.62. The Bertz CT molecular complexity index is 460. The number of hydrogen-bond donors (Lipinski definition) is 0. The normalized spacial score (nSPS) is 9.73. The maximum absolute atomic E-state index is 12.5. The largest absolute Gasteiger partial charge is 0.280 e. The fourth-order valence-corrected chi connectivity index (χ4v) is 1.43. The summed E-state index contributed by atoms with van der Waals surface area (Å²) in [5.74, 6) is 0. The minimum absolute atomic E-state index is 0.0713. The minimum atomic E-state index is -2.75. The van der Waals surface area contributed by atoms with Crippen molar-refractivity contribution in [3.63, 3.8) is 0 Å². The van der Waals surface area contributed by atoms with Gasteiger partial charge in [-0.15, -0.1) is 0 Å². The van der Waals surface area contributed by atoms with E-state index in [1.807, 2.05) is 0 Å². The van der Waals surface area contributed by atoms with Crippen LogP contribution in [0.25, 0.3) is 0 Å². The highest BCUT2D eigenvalue weighted by atomic mass is 79.9. The molecular formula is C9H4BrF2N3. The molecule has 0 atom stereocenters. The van der Waals surface area contributed by atoms with Gasteiger partial charge in [-0.3, -0.25) is 0 Å². The van der Waals surface area contributed by atoms with E-state index in [0.717, 1.165) is 0 Å². The van der Waals surface area contributed by atoms with E-state index in [1.54, 1.807) is 12.1 Å². The number of nitriles is 2. The molecule has 0 unspecified atom stereocenters. The van der Waals surface area contributed by atoms with E-state index in [4.69, 9.17) is 10.5 Å². The van der Waals surface area contributed by atoms with Gasteiger partial charge in [-0.05, 0) is 27.6 Å². The van der Waals surface area contributed by atoms with E-state index in [2.05, 4.69) is 20.9 Å². The van der Waals surface area contributed by atoms with Crippen LogP contribution in [0.15, 0.2) is 10.7 Å². The SMILES string of the molecule is N#CCc1cc(C#N)c(Br)nc1C(F)F. The number of hydrogen-bond acceptors (Lipinski definition) is 3. The Morgan fingerprint density at radius 3 is 2.60 bits per heavy atom. The second-order valence-corrected chi connectivity index (χ2v) is 3.37. The fraction of sp³-hybridized carbons (Fsp3) is 0.222. The first-order valence-corrected chi connectivity index (χ1v) is 4.64. The summed E-state index contributed by atoms with van der Waals surface area (Å²) in [7, 11) is 0. The van der Waals surface area contributed by atoms with Gasteiger partial charge in [-0.1, -0.05) is 0 Å². The Morgan fingerprint density at radius 2 is 2.13 bits per heavy atom. The van der Waals surface area contributed by atoms with Crippen molar-refractivity contribution in [3.05, 3.63) is 27.5 Å². The van der Waals surface area contributed by atoms with Crippen LogP contribution in [0.5, 0.6) is 0 Å². The summed E-state index contributed by atoms with van der Waals surface area (Å²) >= 11 is 2.91. The fourth-order valence-electron chi connectivity index (χ4n) is 1.04. The molecule has 0 radical (unpaired) electrons. The maximum atomic E-state index is 12.5. The van der Waals surface area contributed by atoms with Gasteiger partial charge in [0.15, 0.2) is 0 Å². The zero-order valence-corrected chi connectivity index (χ0v) is 8.92. The van der Waals surface area contributed by atoms with Crippen molar-refractivity contribution in [2.75, 3.05) is 0 Å². The molecule has 0 fully saturated rings. The van der Waals surface area contributed by atoms with E-state index in [0.29, 0.717) is 0 Å². The molecule has 6 heteroatoms. The van der Waals surface area contributed by atoms with Crippen LogP contribution in [0.1, 0.15) is 23.2 Å². The number of halogens is 3. The summed E-state index contributed by atoms with van der Waals surface area (Å²) in [5, 5.41) is 17.1. The monoisotopic (exact) mass is 271 g/mol.